The number of para-hydroxylation sites is 1. The molecule has 0 aliphatic rings. The van der Waals surface area contributed by atoms with Gasteiger partial charge < -0.3 is 11.1 Å². The van der Waals surface area contributed by atoms with Gasteiger partial charge in [0.2, 0.25) is 5.91 Å². The van der Waals surface area contributed by atoms with Crippen LogP contribution < -0.4 is 11.1 Å². The molecule has 1 amide bonds. The molecule has 0 fully saturated rings. The number of halogens is 2. The van der Waals surface area contributed by atoms with E-state index in [1.807, 2.05) is 38.1 Å². The van der Waals surface area contributed by atoms with Crippen molar-refractivity contribution in [2.45, 2.75) is 26.3 Å². The van der Waals surface area contributed by atoms with Crippen molar-refractivity contribution in [2.75, 3.05) is 6.54 Å². The van der Waals surface area contributed by atoms with E-state index in [1.54, 1.807) is 6.20 Å². The summed E-state index contributed by atoms with van der Waals surface area (Å²) < 4.78 is 0. The highest BCUT2D eigenvalue weighted by Gasteiger charge is 2.16. The van der Waals surface area contributed by atoms with Crippen LogP contribution in [0.2, 0.25) is 0 Å². The Bertz CT molecular complexity index is 599. The van der Waals surface area contributed by atoms with Gasteiger partial charge in [-0.25, -0.2) is 0 Å². The molecule has 3 N–H and O–H groups in total. The maximum Gasteiger partial charge on any atom is 0.224 e. The average Bonchev–Trinajstić information content (AvgIpc) is 2.46. The number of nitrogens with one attached hydrogen (secondary N) is 1. The van der Waals surface area contributed by atoms with Crippen molar-refractivity contribution < 1.29 is 4.79 Å². The third kappa shape index (κ3) is 5.13. The Morgan fingerprint density at radius 2 is 1.91 bits per heavy atom. The molecule has 22 heavy (non-hydrogen) atoms. The first-order valence-corrected chi connectivity index (χ1v) is 6.95. The molecule has 4 nitrogen and oxygen atoms in total. The molecule has 0 saturated heterocycles. The number of fused-ring (bicyclic) bond motifs is 1. The van der Waals surface area contributed by atoms with Crippen LogP contribution in [-0.2, 0) is 11.2 Å². The number of rotatable bonds is 5. The van der Waals surface area contributed by atoms with E-state index in [0.717, 1.165) is 22.9 Å². The van der Waals surface area contributed by atoms with E-state index in [0.29, 0.717) is 6.54 Å². The lowest BCUT2D eigenvalue weighted by Crippen LogP contribution is -2.39. The van der Waals surface area contributed by atoms with Gasteiger partial charge in [-0.3, -0.25) is 9.78 Å². The molecule has 122 valence electrons. The Morgan fingerprint density at radius 3 is 2.59 bits per heavy atom. The smallest absolute Gasteiger partial charge is 0.224 e. The Balaban J connectivity index is 0.00000220. The topological polar surface area (TPSA) is 68.0 Å². The maximum absolute atomic E-state index is 11.8. The van der Waals surface area contributed by atoms with Gasteiger partial charge in [-0.2, -0.15) is 0 Å². The predicted molar refractivity (Wildman–Crippen MR) is 95.8 cm³/mol. The lowest BCUT2D eigenvalue weighted by Gasteiger charge is -2.15. The number of aromatic nitrogens is 1. The molecule has 6 heteroatoms. The van der Waals surface area contributed by atoms with Gasteiger partial charge in [0, 0.05) is 30.1 Å². The van der Waals surface area contributed by atoms with Crippen molar-refractivity contribution in [3.05, 3.63) is 42.1 Å². The van der Waals surface area contributed by atoms with Crippen molar-refractivity contribution in [3.8, 4) is 0 Å². The largest absolute Gasteiger partial charge is 0.355 e. The van der Waals surface area contributed by atoms with Crippen molar-refractivity contribution in [1.82, 2.24) is 10.3 Å². The summed E-state index contributed by atoms with van der Waals surface area (Å²) in [5, 5.41) is 4.06. The van der Waals surface area contributed by atoms with Crippen molar-refractivity contribution >= 4 is 41.6 Å². The van der Waals surface area contributed by atoms with Gasteiger partial charge in [0.25, 0.3) is 0 Å². The second kappa shape index (κ2) is 9.62. The number of pyridine rings is 1. The number of carbonyl (C=O) groups is 1. The van der Waals surface area contributed by atoms with Crippen LogP contribution in [0.5, 0.6) is 0 Å². The lowest BCUT2D eigenvalue weighted by atomic mass is 10.0. The molecule has 0 spiro atoms. The van der Waals surface area contributed by atoms with E-state index in [1.165, 1.54) is 0 Å². The minimum Gasteiger partial charge on any atom is -0.355 e. The lowest BCUT2D eigenvalue weighted by molar-refractivity contribution is -0.124. The highest BCUT2D eigenvalue weighted by molar-refractivity contribution is 5.85. The molecule has 0 aliphatic carbocycles. The maximum atomic E-state index is 11.8. The van der Waals surface area contributed by atoms with Gasteiger partial charge in [-0.15, -0.1) is 24.8 Å². The molecule has 0 saturated carbocycles. The molecule has 1 heterocycles. The first-order valence-electron chi connectivity index (χ1n) is 6.95. The number of nitrogens with zero attached hydrogens (tertiary/aromatic N) is 1. The third-order valence-electron chi connectivity index (χ3n) is 3.61. The first-order chi connectivity index (χ1) is 9.59. The Kier molecular flexibility index (Phi) is 9.02. The van der Waals surface area contributed by atoms with Crippen LogP contribution in [0.1, 0.15) is 19.4 Å². The summed E-state index contributed by atoms with van der Waals surface area (Å²) in [7, 11) is 0. The molecule has 1 aromatic carbocycles. The van der Waals surface area contributed by atoms with Crippen LogP contribution in [0.15, 0.2) is 36.5 Å². The summed E-state index contributed by atoms with van der Waals surface area (Å²) in [6.45, 7) is 4.30. The Morgan fingerprint density at radius 1 is 1.23 bits per heavy atom. The molecule has 0 radical (unpaired) electrons. The average molecular weight is 344 g/mol. The summed E-state index contributed by atoms with van der Waals surface area (Å²) in [5.41, 5.74) is 7.88. The summed E-state index contributed by atoms with van der Waals surface area (Å²) in [6, 6.07) is 9.96. The minimum atomic E-state index is -0.166. The van der Waals surface area contributed by atoms with Crippen LogP contribution in [0.4, 0.5) is 0 Å². The summed E-state index contributed by atoms with van der Waals surface area (Å²) in [5.74, 6) is -0.158. The summed E-state index contributed by atoms with van der Waals surface area (Å²) in [6.07, 6.45) is 2.56. The van der Waals surface area contributed by atoms with Crippen LogP contribution in [-0.4, -0.2) is 23.5 Å². The highest BCUT2D eigenvalue weighted by Crippen LogP contribution is 2.16. The van der Waals surface area contributed by atoms with Gasteiger partial charge in [0.15, 0.2) is 0 Å². The Labute approximate surface area is 143 Å². The van der Waals surface area contributed by atoms with E-state index < -0.39 is 0 Å². The molecule has 2 atom stereocenters. The molecule has 2 unspecified atom stereocenters. The molecular weight excluding hydrogens is 321 g/mol. The first kappa shape index (κ1) is 20.6. The van der Waals surface area contributed by atoms with Crippen LogP contribution in [0, 0.1) is 5.92 Å². The van der Waals surface area contributed by atoms with E-state index in [4.69, 9.17) is 5.73 Å². The van der Waals surface area contributed by atoms with Crippen LogP contribution >= 0.6 is 24.8 Å². The van der Waals surface area contributed by atoms with E-state index in [9.17, 15) is 4.79 Å². The quantitative estimate of drug-likeness (QED) is 0.876. The van der Waals surface area contributed by atoms with E-state index >= 15 is 0 Å². The standard InChI is InChI=1S/C16H21N3O.2ClH/c1-11(12(2)17)16(20)19-10-8-14-6-3-5-13-7-4-9-18-15(13)14;;/h3-7,9,11-12H,8,10,17H2,1-2H3,(H,19,20);2*1H. The Hall–Kier alpha value is -1.36. The van der Waals surface area contributed by atoms with Gasteiger partial charge in [0.05, 0.1) is 5.52 Å². The molecule has 1 aromatic heterocycles. The predicted octanol–water partition coefficient (Wildman–Crippen LogP) is 2.72. The molecule has 2 aromatic rings. The zero-order valence-electron chi connectivity index (χ0n) is 12.8. The van der Waals surface area contributed by atoms with Gasteiger partial charge in [0.1, 0.15) is 0 Å². The number of hydrogen-bond acceptors (Lipinski definition) is 3. The molecular formula is C16H23Cl2N3O. The van der Waals surface area contributed by atoms with E-state index in [-0.39, 0.29) is 42.7 Å². The van der Waals surface area contributed by atoms with E-state index in [2.05, 4.69) is 16.4 Å². The molecule has 0 bridgehead atoms. The van der Waals surface area contributed by atoms with Crippen molar-refractivity contribution in [3.63, 3.8) is 0 Å². The highest BCUT2D eigenvalue weighted by atomic mass is 35.5. The summed E-state index contributed by atoms with van der Waals surface area (Å²) >= 11 is 0. The monoisotopic (exact) mass is 343 g/mol. The van der Waals surface area contributed by atoms with Crippen LogP contribution in [0.3, 0.4) is 0 Å². The van der Waals surface area contributed by atoms with Crippen molar-refractivity contribution in [2.24, 2.45) is 11.7 Å². The summed E-state index contributed by atoms with van der Waals surface area (Å²) in [4.78, 5) is 16.2. The number of carbonyl (C=O) groups excluding carboxylic acids is 1. The number of amides is 1. The zero-order valence-corrected chi connectivity index (χ0v) is 14.4. The fourth-order valence-corrected chi connectivity index (χ4v) is 2.09. The normalized spacial score (nSPS) is 12.7. The van der Waals surface area contributed by atoms with Crippen molar-refractivity contribution in [1.29, 1.82) is 0 Å². The second-order valence-electron chi connectivity index (χ2n) is 5.18. The van der Waals surface area contributed by atoms with Gasteiger partial charge in [-0.1, -0.05) is 31.2 Å². The number of hydrogen-bond donors (Lipinski definition) is 2. The molecule has 0 aliphatic heterocycles. The fourth-order valence-electron chi connectivity index (χ4n) is 2.09. The fraction of sp³-hybridized carbons (Fsp3) is 0.375. The number of nitrogens with two attached hydrogens (primary N) is 1. The van der Waals surface area contributed by atoms with Gasteiger partial charge >= 0.3 is 0 Å². The SMILES string of the molecule is CC(N)C(C)C(=O)NCCc1cccc2cccnc12.Cl.Cl. The number of benzene rings is 1. The minimum absolute atomic E-state index is 0. The zero-order chi connectivity index (χ0) is 14.5. The third-order valence-corrected chi connectivity index (χ3v) is 3.61. The molecule has 2 rings (SSSR count). The van der Waals surface area contributed by atoms with Gasteiger partial charge in [-0.05, 0) is 25.0 Å². The second-order valence-corrected chi connectivity index (χ2v) is 5.18. The van der Waals surface area contributed by atoms with Crippen LogP contribution in [0.25, 0.3) is 10.9 Å².